The number of ether oxygens (including phenoxy) is 2. The summed E-state index contributed by atoms with van der Waals surface area (Å²) >= 11 is 0. The van der Waals surface area contributed by atoms with Gasteiger partial charge in [-0.15, -0.1) is 0 Å². The van der Waals surface area contributed by atoms with E-state index in [-0.39, 0.29) is 22.7 Å². The predicted molar refractivity (Wildman–Crippen MR) is 145 cm³/mol. The van der Waals surface area contributed by atoms with Gasteiger partial charge in [0.2, 0.25) is 0 Å². The van der Waals surface area contributed by atoms with Crippen LogP contribution in [0.2, 0.25) is 0 Å². The van der Waals surface area contributed by atoms with Crippen molar-refractivity contribution in [2.45, 2.75) is 57.3 Å². The monoisotopic (exact) mass is 516 g/mol. The fourth-order valence-corrected chi connectivity index (χ4v) is 7.09. The van der Waals surface area contributed by atoms with Crippen molar-refractivity contribution < 1.29 is 22.7 Å². The summed E-state index contributed by atoms with van der Waals surface area (Å²) in [6.45, 7) is 4.63. The Kier molecular flexibility index (Phi) is 9.28. The number of anilines is 3. The zero-order valence-electron chi connectivity index (χ0n) is 22.2. The molecular formula is C28H40N2O5S. The summed E-state index contributed by atoms with van der Waals surface area (Å²) in [5.41, 5.74) is 1.93. The molecule has 0 amide bonds. The van der Waals surface area contributed by atoms with E-state index in [2.05, 4.69) is 18.7 Å². The number of unbranched alkanes of at least 4 members (excludes halogenated alkanes) is 2. The van der Waals surface area contributed by atoms with E-state index < -0.39 is 15.8 Å². The van der Waals surface area contributed by atoms with Crippen LogP contribution in [0.15, 0.2) is 47.4 Å². The highest BCUT2D eigenvalue weighted by Gasteiger charge is 2.42. The number of hydrogen-bond acceptors (Lipinski definition) is 7. The molecular weight excluding hydrogens is 476 g/mol. The van der Waals surface area contributed by atoms with Crippen LogP contribution in [-0.2, 0) is 19.4 Å². The van der Waals surface area contributed by atoms with Gasteiger partial charge >= 0.3 is 5.97 Å². The maximum absolute atomic E-state index is 14.1. The van der Waals surface area contributed by atoms with Crippen LogP contribution < -0.4 is 14.5 Å². The Morgan fingerprint density at radius 3 is 2.25 bits per heavy atom. The topological polar surface area (TPSA) is 76.2 Å². The summed E-state index contributed by atoms with van der Waals surface area (Å²) in [4.78, 5) is 16.1. The lowest BCUT2D eigenvalue weighted by atomic mass is 9.79. The molecule has 0 bridgehead atoms. The molecule has 0 saturated carbocycles. The Morgan fingerprint density at radius 1 is 1.06 bits per heavy atom. The second-order valence-corrected chi connectivity index (χ2v) is 11.9. The molecule has 36 heavy (non-hydrogen) atoms. The number of para-hydroxylation sites is 1. The first-order valence-corrected chi connectivity index (χ1v) is 14.4. The average Bonchev–Trinajstić information content (AvgIpc) is 2.96. The van der Waals surface area contributed by atoms with Gasteiger partial charge in [0.25, 0.3) is 0 Å². The van der Waals surface area contributed by atoms with Crippen LogP contribution in [0, 0.1) is 5.41 Å². The van der Waals surface area contributed by atoms with E-state index in [4.69, 9.17) is 9.47 Å². The molecule has 0 saturated heterocycles. The fourth-order valence-electron chi connectivity index (χ4n) is 4.98. The quantitative estimate of drug-likeness (QED) is 0.360. The summed E-state index contributed by atoms with van der Waals surface area (Å²) in [6, 6.07) is 13.5. The van der Waals surface area contributed by atoms with Gasteiger partial charge in [0.15, 0.2) is 16.4 Å². The molecule has 0 atom stereocenters. The van der Waals surface area contributed by atoms with Crippen LogP contribution >= 0.6 is 0 Å². The number of carbonyl (C=O) groups is 1. The largest absolute Gasteiger partial charge is 0.480 e. The molecule has 1 aliphatic rings. The van der Waals surface area contributed by atoms with Crippen molar-refractivity contribution in [1.82, 2.24) is 0 Å². The summed E-state index contributed by atoms with van der Waals surface area (Å²) < 4.78 is 38.6. The van der Waals surface area contributed by atoms with Gasteiger partial charge in [-0.05, 0) is 31.0 Å². The van der Waals surface area contributed by atoms with E-state index in [1.54, 1.807) is 6.07 Å². The molecule has 0 unspecified atom stereocenters. The van der Waals surface area contributed by atoms with Gasteiger partial charge in [-0.3, -0.25) is 0 Å². The van der Waals surface area contributed by atoms with E-state index >= 15 is 0 Å². The van der Waals surface area contributed by atoms with Gasteiger partial charge in [0.1, 0.15) is 5.75 Å². The standard InChI is InChI=1S/C28H40N2O5S/c1-6-8-15-28(16-9-7-2)20-30(22-13-11-10-12-14-22)24-17-23(29(3)4)25(35-19-27(31)34-5)18-26(24)36(32,33)21-28/h10-14,17-18H,6-9,15-16,19-21H2,1-5H3. The number of rotatable bonds is 11. The molecule has 1 heterocycles. The van der Waals surface area contributed by atoms with E-state index in [1.807, 2.05) is 55.4 Å². The lowest BCUT2D eigenvalue weighted by molar-refractivity contribution is -0.142. The number of benzene rings is 2. The highest BCUT2D eigenvalue weighted by Crippen LogP contribution is 2.48. The molecule has 1 aliphatic heterocycles. The molecule has 198 valence electrons. The van der Waals surface area contributed by atoms with Crippen LogP contribution in [0.25, 0.3) is 0 Å². The molecule has 0 N–H and O–H groups in total. The number of carbonyl (C=O) groups excluding carboxylic acids is 1. The summed E-state index contributed by atoms with van der Waals surface area (Å²) in [6.07, 6.45) is 5.70. The van der Waals surface area contributed by atoms with Crippen LogP contribution in [0.4, 0.5) is 17.1 Å². The number of esters is 1. The zero-order chi connectivity index (χ0) is 26.3. The number of methoxy groups -OCH3 is 1. The van der Waals surface area contributed by atoms with Crippen molar-refractivity contribution in [3.63, 3.8) is 0 Å². The highest BCUT2D eigenvalue weighted by molar-refractivity contribution is 7.91. The maximum atomic E-state index is 14.1. The Bertz CT molecular complexity index is 1120. The van der Waals surface area contributed by atoms with Crippen molar-refractivity contribution >= 4 is 32.9 Å². The van der Waals surface area contributed by atoms with Crippen molar-refractivity contribution in [3.05, 3.63) is 42.5 Å². The number of nitrogens with zero attached hydrogens (tertiary/aromatic N) is 2. The first-order valence-electron chi connectivity index (χ1n) is 12.8. The van der Waals surface area contributed by atoms with Crippen LogP contribution in [0.1, 0.15) is 52.4 Å². The van der Waals surface area contributed by atoms with Gasteiger partial charge < -0.3 is 19.3 Å². The van der Waals surface area contributed by atoms with Gasteiger partial charge in [0.05, 0.1) is 29.1 Å². The average molecular weight is 517 g/mol. The molecule has 3 rings (SSSR count). The molecule has 2 aromatic rings. The van der Waals surface area contributed by atoms with E-state index in [0.29, 0.717) is 23.7 Å². The lowest BCUT2D eigenvalue weighted by Crippen LogP contribution is -2.38. The Balaban J connectivity index is 2.24. The van der Waals surface area contributed by atoms with Crippen LogP contribution in [0.3, 0.4) is 0 Å². The maximum Gasteiger partial charge on any atom is 0.343 e. The van der Waals surface area contributed by atoms with Gasteiger partial charge in [-0.25, -0.2) is 13.2 Å². The van der Waals surface area contributed by atoms with Crippen molar-refractivity contribution in [1.29, 1.82) is 0 Å². The van der Waals surface area contributed by atoms with Crippen LogP contribution in [0.5, 0.6) is 5.75 Å². The van der Waals surface area contributed by atoms with E-state index in [0.717, 1.165) is 44.2 Å². The molecule has 0 radical (unpaired) electrons. The first kappa shape index (κ1) is 27.8. The second-order valence-electron chi connectivity index (χ2n) is 9.93. The third-order valence-corrected chi connectivity index (χ3v) is 8.89. The third-order valence-electron chi connectivity index (χ3n) is 6.90. The first-order chi connectivity index (χ1) is 17.2. The molecule has 0 aromatic heterocycles. The molecule has 0 aliphatic carbocycles. The third kappa shape index (κ3) is 6.33. The SMILES string of the molecule is CCCCC1(CCCC)CN(c2ccccc2)c2cc(N(C)C)c(OCC(=O)OC)cc2S(=O)(=O)C1. The predicted octanol–water partition coefficient (Wildman–Crippen LogP) is 5.60. The Labute approximate surface area is 216 Å². The number of hydrogen-bond donors (Lipinski definition) is 0. The van der Waals surface area contributed by atoms with Crippen molar-refractivity contribution in [2.75, 3.05) is 49.9 Å². The number of sulfone groups is 1. The zero-order valence-corrected chi connectivity index (χ0v) is 23.1. The minimum absolute atomic E-state index is 0.0914. The molecule has 0 spiro atoms. The molecule has 7 nitrogen and oxygen atoms in total. The summed E-state index contributed by atoms with van der Waals surface area (Å²) in [7, 11) is 1.39. The lowest BCUT2D eigenvalue weighted by Gasteiger charge is -2.37. The fraction of sp³-hybridized carbons (Fsp3) is 0.536. The highest BCUT2D eigenvalue weighted by atomic mass is 32.2. The molecule has 2 aromatic carbocycles. The smallest absolute Gasteiger partial charge is 0.343 e. The Hall–Kier alpha value is -2.74. The van der Waals surface area contributed by atoms with Gasteiger partial charge in [-0.1, -0.05) is 57.7 Å². The normalized spacial score (nSPS) is 16.1. The van der Waals surface area contributed by atoms with Gasteiger partial charge in [0, 0.05) is 37.8 Å². The van der Waals surface area contributed by atoms with E-state index in [9.17, 15) is 13.2 Å². The summed E-state index contributed by atoms with van der Waals surface area (Å²) in [5.74, 6) is -0.0921. The van der Waals surface area contributed by atoms with Crippen molar-refractivity contribution in [3.8, 4) is 5.75 Å². The van der Waals surface area contributed by atoms with Crippen LogP contribution in [-0.4, -0.2) is 54.5 Å². The molecule has 0 fully saturated rings. The second kappa shape index (κ2) is 12.0. The summed E-state index contributed by atoms with van der Waals surface area (Å²) in [5, 5.41) is 0. The minimum Gasteiger partial charge on any atom is -0.480 e. The molecule has 8 heteroatoms. The Morgan fingerprint density at radius 2 is 1.69 bits per heavy atom. The van der Waals surface area contributed by atoms with E-state index in [1.165, 1.54) is 7.11 Å². The number of fused-ring (bicyclic) bond motifs is 1. The minimum atomic E-state index is -3.65. The van der Waals surface area contributed by atoms with Crippen molar-refractivity contribution in [2.24, 2.45) is 5.41 Å². The van der Waals surface area contributed by atoms with Gasteiger partial charge in [-0.2, -0.15) is 0 Å².